The van der Waals surface area contributed by atoms with Crippen molar-refractivity contribution in [2.45, 2.75) is 89.6 Å². The maximum Gasteiger partial charge on any atom is 0.306 e. The molecule has 0 saturated carbocycles. The van der Waals surface area contributed by atoms with Gasteiger partial charge in [-0.15, -0.1) is 0 Å². The van der Waals surface area contributed by atoms with Gasteiger partial charge < -0.3 is 19.4 Å². The van der Waals surface area contributed by atoms with Crippen LogP contribution < -0.4 is 5.32 Å². The van der Waals surface area contributed by atoms with Crippen LogP contribution in [0.25, 0.3) is 0 Å². The smallest absolute Gasteiger partial charge is 0.306 e. The second kappa shape index (κ2) is 14.5. The van der Waals surface area contributed by atoms with Crippen LogP contribution in [-0.2, 0) is 23.5 Å². The average molecular weight is 591 g/mol. The molecule has 1 N–H and O–H groups in total. The maximum atomic E-state index is 13.9. The van der Waals surface area contributed by atoms with Crippen LogP contribution in [0.2, 0.25) is 18.1 Å². The summed E-state index contributed by atoms with van der Waals surface area (Å²) in [6.07, 6.45) is 1.30. The number of ether oxygens (including phenoxy) is 1. The van der Waals surface area contributed by atoms with Crippen molar-refractivity contribution < 1.29 is 28.3 Å². The van der Waals surface area contributed by atoms with Gasteiger partial charge in [-0.05, 0) is 57.5 Å². The molecule has 10 heteroatoms. The summed E-state index contributed by atoms with van der Waals surface area (Å²) < 4.78 is 11.7. The molecule has 1 heterocycles. The van der Waals surface area contributed by atoms with Crippen molar-refractivity contribution in [3.8, 4) is 0 Å². The molecule has 0 spiro atoms. The van der Waals surface area contributed by atoms with E-state index >= 15 is 0 Å². The number of nitrogens with zero attached hydrogens (tertiary/aromatic N) is 1. The number of thioether (sulfide) groups is 1. The van der Waals surface area contributed by atoms with Crippen molar-refractivity contribution >= 4 is 43.0 Å². The summed E-state index contributed by atoms with van der Waals surface area (Å²) in [6, 6.07) is 6.56. The normalized spacial score (nSPS) is 18.6. The molecule has 1 aromatic rings. The SMILES string of the molecule is C=CCOC(=O)CC[C@H](C(=O)Sc1ccccc1C(=O)N(CC)CC)[C@H]1NC(=O)[C@@H]1[C@@H](C)O[Si](C)(C)C(C)(C)C. The second-order valence-corrected chi connectivity index (χ2v) is 17.5. The van der Waals surface area contributed by atoms with Crippen LogP contribution in [0.4, 0.5) is 0 Å². The molecule has 1 aliphatic rings. The number of hydrogen-bond acceptors (Lipinski definition) is 7. The van der Waals surface area contributed by atoms with Crippen LogP contribution >= 0.6 is 11.8 Å². The third-order valence-corrected chi connectivity index (χ3v) is 13.6. The van der Waals surface area contributed by atoms with Crippen molar-refractivity contribution in [1.82, 2.24) is 10.2 Å². The Morgan fingerprint density at radius 2 is 1.80 bits per heavy atom. The number of hydrogen-bond donors (Lipinski definition) is 1. The Balaban J connectivity index is 2.34. The zero-order valence-corrected chi connectivity index (χ0v) is 27.1. The van der Waals surface area contributed by atoms with Gasteiger partial charge in [0.2, 0.25) is 5.91 Å². The van der Waals surface area contributed by atoms with E-state index in [1.165, 1.54) is 6.08 Å². The van der Waals surface area contributed by atoms with Crippen LogP contribution in [0.3, 0.4) is 0 Å². The van der Waals surface area contributed by atoms with Gasteiger partial charge in [0.05, 0.1) is 29.5 Å². The van der Waals surface area contributed by atoms with Gasteiger partial charge in [0.15, 0.2) is 13.4 Å². The predicted octanol–water partition coefficient (Wildman–Crippen LogP) is 5.44. The van der Waals surface area contributed by atoms with Gasteiger partial charge in [-0.3, -0.25) is 19.2 Å². The van der Waals surface area contributed by atoms with Gasteiger partial charge in [-0.25, -0.2) is 0 Å². The largest absolute Gasteiger partial charge is 0.461 e. The van der Waals surface area contributed by atoms with Gasteiger partial charge in [-0.2, -0.15) is 0 Å². The number of amides is 2. The first-order valence-electron chi connectivity index (χ1n) is 14.0. The molecule has 0 bridgehead atoms. The highest BCUT2D eigenvalue weighted by Gasteiger charge is 2.51. The zero-order valence-electron chi connectivity index (χ0n) is 25.2. The van der Waals surface area contributed by atoms with Crippen molar-refractivity contribution in [3.05, 3.63) is 42.5 Å². The Morgan fingerprint density at radius 1 is 1.18 bits per heavy atom. The fourth-order valence-electron chi connectivity index (χ4n) is 4.53. The van der Waals surface area contributed by atoms with E-state index in [4.69, 9.17) is 9.16 Å². The van der Waals surface area contributed by atoms with E-state index in [1.54, 1.807) is 29.2 Å². The molecule has 222 valence electrons. The molecule has 0 aliphatic carbocycles. The fraction of sp³-hybridized carbons (Fsp3) is 0.600. The monoisotopic (exact) mass is 590 g/mol. The number of carbonyl (C=O) groups excluding carboxylic acids is 4. The molecule has 1 aliphatic heterocycles. The maximum absolute atomic E-state index is 13.9. The minimum atomic E-state index is -2.18. The lowest BCUT2D eigenvalue weighted by Gasteiger charge is -2.47. The molecule has 40 heavy (non-hydrogen) atoms. The van der Waals surface area contributed by atoms with Crippen LogP contribution in [0, 0.1) is 11.8 Å². The Labute approximate surface area is 244 Å². The van der Waals surface area contributed by atoms with E-state index in [0.717, 1.165) is 11.8 Å². The zero-order chi connectivity index (χ0) is 30.3. The summed E-state index contributed by atoms with van der Waals surface area (Å²) >= 11 is 0.986. The van der Waals surface area contributed by atoms with E-state index in [1.807, 2.05) is 20.8 Å². The van der Waals surface area contributed by atoms with Crippen molar-refractivity contribution in [2.24, 2.45) is 11.8 Å². The van der Waals surface area contributed by atoms with Gasteiger partial charge in [0, 0.05) is 24.4 Å². The molecular weight excluding hydrogens is 544 g/mol. The van der Waals surface area contributed by atoms with E-state index in [0.29, 0.717) is 23.5 Å². The lowest BCUT2D eigenvalue weighted by molar-refractivity contribution is -0.144. The minimum absolute atomic E-state index is 0.0153. The van der Waals surface area contributed by atoms with Gasteiger partial charge in [0.25, 0.3) is 5.91 Å². The summed E-state index contributed by atoms with van der Waals surface area (Å²) in [7, 11) is -2.18. The van der Waals surface area contributed by atoms with Crippen molar-refractivity contribution in [2.75, 3.05) is 19.7 Å². The highest BCUT2D eigenvalue weighted by atomic mass is 32.2. The molecule has 1 fully saturated rings. The van der Waals surface area contributed by atoms with Crippen molar-refractivity contribution in [1.29, 1.82) is 0 Å². The summed E-state index contributed by atoms with van der Waals surface area (Å²) in [5.74, 6) is -1.94. The van der Waals surface area contributed by atoms with Crippen LogP contribution in [-0.4, -0.2) is 68.0 Å². The van der Waals surface area contributed by atoms with Crippen LogP contribution in [0.1, 0.15) is 64.7 Å². The standard InChI is InChI=1S/C30H46N2O6SSi/c1-10-19-37-24(33)18-17-22(26-25(27(34)31-26)20(4)38-40(8,9)30(5,6)7)29(36)39-23-16-14-13-15-21(23)28(35)32(11-2)12-3/h10,13-16,20,22,25-26H,1,11-12,17-19H2,2-9H3,(H,31,34)/t20-,22+,25-,26-/m1/s1. The molecule has 1 saturated heterocycles. The minimum Gasteiger partial charge on any atom is -0.461 e. The number of carbonyl (C=O) groups is 4. The second-order valence-electron chi connectivity index (χ2n) is 11.7. The summed E-state index contributed by atoms with van der Waals surface area (Å²) in [5.41, 5.74) is 0.456. The summed E-state index contributed by atoms with van der Waals surface area (Å²) in [5, 5.41) is 2.66. The van der Waals surface area contributed by atoms with E-state index in [-0.39, 0.29) is 41.4 Å². The molecular formula is C30H46N2O6SSi. The van der Waals surface area contributed by atoms with Crippen molar-refractivity contribution in [3.63, 3.8) is 0 Å². The molecule has 2 amide bonds. The van der Waals surface area contributed by atoms with Gasteiger partial charge in [0.1, 0.15) is 6.61 Å². The van der Waals surface area contributed by atoms with E-state index in [2.05, 4.69) is 45.8 Å². The summed E-state index contributed by atoms with van der Waals surface area (Å²) in [6.45, 7) is 21.2. The van der Waals surface area contributed by atoms with E-state index in [9.17, 15) is 19.2 Å². The van der Waals surface area contributed by atoms with Crippen LogP contribution in [0.5, 0.6) is 0 Å². The van der Waals surface area contributed by atoms with Gasteiger partial charge in [-0.1, -0.05) is 57.3 Å². The average Bonchev–Trinajstić information content (AvgIpc) is 2.86. The number of esters is 1. The Kier molecular flexibility index (Phi) is 12.2. The molecule has 0 unspecified atom stereocenters. The number of β-lactam (4-membered cyclic amide) rings is 1. The highest BCUT2D eigenvalue weighted by Crippen LogP contribution is 2.41. The number of benzene rings is 1. The molecule has 0 radical (unpaired) electrons. The molecule has 4 atom stereocenters. The lowest BCUT2D eigenvalue weighted by Crippen LogP contribution is -2.67. The predicted molar refractivity (Wildman–Crippen MR) is 162 cm³/mol. The third-order valence-electron chi connectivity index (χ3n) is 7.93. The first-order chi connectivity index (χ1) is 18.7. The van der Waals surface area contributed by atoms with Crippen LogP contribution in [0.15, 0.2) is 41.8 Å². The molecule has 1 aromatic carbocycles. The lowest BCUT2D eigenvalue weighted by atomic mass is 9.77. The fourth-order valence-corrected chi connectivity index (χ4v) is 7.00. The Morgan fingerprint density at radius 3 is 2.35 bits per heavy atom. The summed E-state index contributed by atoms with van der Waals surface area (Å²) in [4.78, 5) is 54.4. The molecule has 8 nitrogen and oxygen atoms in total. The van der Waals surface area contributed by atoms with Gasteiger partial charge >= 0.3 is 5.97 Å². The number of nitrogens with one attached hydrogen (secondary N) is 1. The first kappa shape index (κ1) is 33.8. The van der Waals surface area contributed by atoms with E-state index < -0.39 is 38.3 Å². The molecule has 2 rings (SSSR count). The highest BCUT2D eigenvalue weighted by molar-refractivity contribution is 8.13. The number of rotatable bonds is 14. The topological polar surface area (TPSA) is 102 Å². The first-order valence-corrected chi connectivity index (χ1v) is 17.8. The molecule has 0 aromatic heterocycles. The third kappa shape index (κ3) is 8.30. The quantitative estimate of drug-likeness (QED) is 0.101. The Hall–Kier alpha value is -2.43. The Bertz CT molecular complexity index is 1080.